The lowest BCUT2D eigenvalue weighted by molar-refractivity contribution is -0.0279. The molecule has 0 radical (unpaired) electrons. The summed E-state index contributed by atoms with van der Waals surface area (Å²) in [6.07, 6.45) is 4.21. The Labute approximate surface area is 180 Å². The van der Waals surface area contributed by atoms with Crippen LogP contribution in [0.4, 0.5) is 4.79 Å². The molecule has 5 atom stereocenters. The van der Waals surface area contributed by atoms with E-state index in [-0.39, 0.29) is 18.5 Å². The van der Waals surface area contributed by atoms with Crippen molar-refractivity contribution >= 4 is 6.09 Å². The number of carbonyl (C=O) groups excluding carboxylic acids is 1. The molecule has 1 amide bonds. The van der Waals surface area contributed by atoms with E-state index in [1.165, 1.54) is 0 Å². The van der Waals surface area contributed by atoms with Crippen molar-refractivity contribution < 1.29 is 14.4 Å². The number of ether oxygens (including phenoxy) is 1. The Hall–Kier alpha value is -0.970. The van der Waals surface area contributed by atoms with E-state index in [4.69, 9.17) is 9.57 Å². The van der Waals surface area contributed by atoms with Crippen LogP contribution in [0.25, 0.3) is 0 Å². The molecular formula is C21H40N6O3. The second-order valence-corrected chi connectivity index (χ2v) is 10.5. The van der Waals surface area contributed by atoms with Gasteiger partial charge in [-0.1, -0.05) is 0 Å². The van der Waals surface area contributed by atoms with E-state index < -0.39 is 5.60 Å². The van der Waals surface area contributed by atoms with Gasteiger partial charge >= 0.3 is 6.09 Å². The molecule has 0 aromatic heterocycles. The first-order valence-electron chi connectivity index (χ1n) is 11.6. The molecule has 30 heavy (non-hydrogen) atoms. The summed E-state index contributed by atoms with van der Waals surface area (Å²) in [7, 11) is 2.12. The van der Waals surface area contributed by atoms with Gasteiger partial charge in [-0.05, 0) is 58.9 Å². The van der Waals surface area contributed by atoms with Crippen LogP contribution in [0.3, 0.4) is 0 Å². The quantitative estimate of drug-likeness (QED) is 0.530. The van der Waals surface area contributed by atoms with Crippen molar-refractivity contribution in [3.05, 3.63) is 0 Å². The SMILES string of the molecule is CN1CC(C2CC(C3NC(C4CCN(C(=O)OC(C)(C)C)CC4)NO3)CCN2)CN1. The fraction of sp³-hybridized carbons (Fsp3) is 0.952. The molecule has 4 fully saturated rings. The predicted molar refractivity (Wildman–Crippen MR) is 114 cm³/mol. The van der Waals surface area contributed by atoms with Crippen molar-refractivity contribution in [1.82, 2.24) is 31.4 Å². The summed E-state index contributed by atoms with van der Waals surface area (Å²) in [6, 6.07) is 0.544. The molecular weight excluding hydrogens is 384 g/mol. The Bertz CT molecular complexity index is 592. The summed E-state index contributed by atoms with van der Waals surface area (Å²) in [6.45, 7) is 10.4. The average molecular weight is 425 g/mol. The molecule has 0 bridgehead atoms. The summed E-state index contributed by atoms with van der Waals surface area (Å²) in [5, 5.41) is 9.63. The Balaban J connectivity index is 1.22. The van der Waals surface area contributed by atoms with E-state index in [0.29, 0.717) is 23.8 Å². The number of amides is 1. The minimum atomic E-state index is -0.444. The summed E-state index contributed by atoms with van der Waals surface area (Å²) in [5.41, 5.74) is 6.24. The van der Waals surface area contributed by atoms with Crippen LogP contribution >= 0.6 is 0 Å². The van der Waals surface area contributed by atoms with Crippen LogP contribution in [0.1, 0.15) is 46.5 Å². The number of piperidine rings is 2. The minimum absolute atomic E-state index is 0.0653. The number of hydrogen-bond acceptors (Lipinski definition) is 8. The van der Waals surface area contributed by atoms with Crippen LogP contribution in [-0.2, 0) is 9.57 Å². The van der Waals surface area contributed by atoms with Crippen LogP contribution in [0.5, 0.6) is 0 Å². The zero-order chi connectivity index (χ0) is 21.3. The van der Waals surface area contributed by atoms with Crippen molar-refractivity contribution in [1.29, 1.82) is 0 Å². The van der Waals surface area contributed by atoms with Gasteiger partial charge < -0.3 is 15.0 Å². The summed E-state index contributed by atoms with van der Waals surface area (Å²) in [5.74, 6) is 1.63. The first-order valence-corrected chi connectivity index (χ1v) is 11.6. The summed E-state index contributed by atoms with van der Waals surface area (Å²) < 4.78 is 5.51. The number of likely N-dealkylation sites (tertiary alicyclic amines) is 1. The molecule has 5 unspecified atom stereocenters. The number of nitrogens with one attached hydrogen (secondary N) is 4. The highest BCUT2D eigenvalue weighted by Gasteiger charge is 2.40. The standard InChI is InChI=1S/C21H40N6O3/c1-21(2,3)29-20(28)27-9-6-14(7-10-27)18-24-19(30-25-18)15-5-8-22-17(11-15)16-12-23-26(4)13-16/h14-19,22-25H,5-13H2,1-4H3. The molecule has 4 saturated heterocycles. The molecule has 172 valence electrons. The molecule has 9 nitrogen and oxygen atoms in total. The molecule has 0 aliphatic carbocycles. The van der Waals surface area contributed by atoms with Crippen molar-refractivity contribution in [3.63, 3.8) is 0 Å². The van der Waals surface area contributed by atoms with Crippen molar-refractivity contribution in [2.75, 3.05) is 39.8 Å². The summed E-state index contributed by atoms with van der Waals surface area (Å²) in [4.78, 5) is 20.1. The predicted octanol–water partition coefficient (Wildman–Crippen LogP) is 0.845. The lowest BCUT2D eigenvalue weighted by Gasteiger charge is -2.36. The molecule has 4 heterocycles. The Kier molecular flexibility index (Phi) is 6.86. The van der Waals surface area contributed by atoms with Crippen molar-refractivity contribution in [2.45, 2.75) is 70.5 Å². The third kappa shape index (κ3) is 5.44. The zero-order valence-electron chi connectivity index (χ0n) is 18.9. The number of rotatable bonds is 3. The first kappa shape index (κ1) is 22.2. The van der Waals surface area contributed by atoms with Crippen molar-refractivity contribution in [3.8, 4) is 0 Å². The third-order valence-electron chi connectivity index (χ3n) is 6.94. The molecule has 4 aliphatic heterocycles. The lowest BCUT2D eigenvalue weighted by atomic mass is 9.84. The van der Waals surface area contributed by atoms with Crippen molar-refractivity contribution in [2.24, 2.45) is 17.8 Å². The fourth-order valence-electron chi connectivity index (χ4n) is 5.24. The Morgan fingerprint density at radius 3 is 2.53 bits per heavy atom. The minimum Gasteiger partial charge on any atom is -0.444 e. The maximum Gasteiger partial charge on any atom is 0.410 e. The van der Waals surface area contributed by atoms with Gasteiger partial charge in [-0.25, -0.2) is 9.80 Å². The van der Waals surface area contributed by atoms with Crippen LogP contribution < -0.4 is 21.5 Å². The van der Waals surface area contributed by atoms with Gasteiger partial charge in [0.25, 0.3) is 0 Å². The maximum absolute atomic E-state index is 12.3. The second kappa shape index (κ2) is 9.26. The van der Waals surface area contributed by atoms with Crippen LogP contribution in [0, 0.1) is 17.8 Å². The lowest BCUT2D eigenvalue weighted by Crippen LogP contribution is -2.51. The number of hydroxylamine groups is 1. The third-order valence-corrected chi connectivity index (χ3v) is 6.94. The maximum atomic E-state index is 12.3. The molecule has 4 N–H and O–H groups in total. The second-order valence-electron chi connectivity index (χ2n) is 10.5. The van der Waals surface area contributed by atoms with E-state index in [1.54, 1.807) is 0 Å². The van der Waals surface area contributed by atoms with E-state index in [1.807, 2.05) is 25.7 Å². The zero-order valence-corrected chi connectivity index (χ0v) is 18.9. The van der Waals surface area contributed by atoms with E-state index >= 15 is 0 Å². The number of hydrazine groups is 1. The van der Waals surface area contributed by atoms with Gasteiger partial charge in [-0.3, -0.25) is 15.6 Å². The molecule has 9 heteroatoms. The number of hydrogen-bond donors (Lipinski definition) is 4. The van der Waals surface area contributed by atoms with Gasteiger partial charge in [0, 0.05) is 51.1 Å². The Morgan fingerprint density at radius 2 is 1.87 bits per heavy atom. The van der Waals surface area contributed by atoms with E-state index in [2.05, 4.69) is 33.6 Å². The first-order chi connectivity index (χ1) is 14.3. The monoisotopic (exact) mass is 424 g/mol. The van der Waals surface area contributed by atoms with Gasteiger partial charge in [0.05, 0.1) is 6.17 Å². The van der Waals surface area contributed by atoms with Crippen LogP contribution in [0.2, 0.25) is 0 Å². The number of nitrogens with zero attached hydrogens (tertiary/aromatic N) is 2. The van der Waals surface area contributed by atoms with Crippen LogP contribution in [-0.4, -0.2) is 79.8 Å². The fourth-order valence-corrected chi connectivity index (χ4v) is 5.24. The largest absolute Gasteiger partial charge is 0.444 e. The Morgan fingerprint density at radius 1 is 1.10 bits per heavy atom. The van der Waals surface area contributed by atoms with E-state index in [9.17, 15) is 4.79 Å². The van der Waals surface area contributed by atoms with E-state index in [0.717, 1.165) is 58.4 Å². The van der Waals surface area contributed by atoms with Crippen LogP contribution in [0.15, 0.2) is 0 Å². The van der Waals surface area contributed by atoms with Gasteiger partial charge in [0.15, 0.2) is 0 Å². The van der Waals surface area contributed by atoms with Gasteiger partial charge in [0.1, 0.15) is 11.8 Å². The summed E-state index contributed by atoms with van der Waals surface area (Å²) >= 11 is 0. The molecule has 0 saturated carbocycles. The van der Waals surface area contributed by atoms with Gasteiger partial charge in [-0.15, -0.1) is 0 Å². The molecule has 4 aliphatic rings. The topological polar surface area (TPSA) is 90.1 Å². The average Bonchev–Trinajstić information content (AvgIpc) is 3.36. The highest BCUT2D eigenvalue weighted by Crippen LogP contribution is 2.30. The van der Waals surface area contributed by atoms with Gasteiger partial charge in [0.2, 0.25) is 0 Å². The molecule has 0 aromatic carbocycles. The smallest absolute Gasteiger partial charge is 0.410 e. The number of carbonyl (C=O) groups is 1. The highest BCUT2D eigenvalue weighted by atomic mass is 16.7. The highest BCUT2D eigenvalue weighted by molar-refractivity contribution is 5.68. The molecule has 0 aromatic rings. The van der Waals surface area contributed by atoms with Gasteiger partial charge in [-0.2, -0.15) is 5.48 Å². The molecule has 0 spiro atoms. The normalized spacial score (nSPS) is 36.9. The molecule has 4 rings (SSSR count).